The fraction of sp³-hybridized carbons (Fsp3) is 0.431. The molecule has 2 aliphatic heterocycles. The molecule has 9 rings (SSSR count). The summed E-state index contributed by atoms with van der Waals surface area (Å²) in [4.78, 5) is 163. The molecule has 26 nitrogen and oxygen atoms in total. The van der Waals surface area contributed by atoms with E-state index in [2.05, 4.69) is 63.2 Å². The van der Waals surface area contributed by atoms with Crippen molar-refractivity contribution in [1.29, 1.82) is 0 Å². The van der Waals surface area contributed by atoms with E-state index in [9.17, 15) is 38.6 Å². The highest BCUT2D eigenvalue weighted by Crippen LogP contribution is 2.33. The molecular weight excluding hydrogens is 1360 g/mol. The first-order chi connectivity index (χ1) is 48.7. The number of fused-ring (bicyclic) bond motifs is 5. The van der Waals surface area contributed by atoms with Gasteiger partial charge in [-0.05, 0) is 143 Å². The predicted octanol–water partition coefficient (Wildman–Crippen LogP) is 4.69. The predicted molar refractivity (Wildman–Crippen MR) is 382 cm³/mol. The van der Waals surface area contributed by atoms with Gasteiger partial charge in [0.05, 0.1) is 17.4 Å². The maximum atomic E-state index is 15.5. The van der Waals surface area contributed by atoms with Crippen molar-refractivity contribution >= 4 is 104 Å². The number of likely N-dealkylation sites (N-methyl/N-ethyl adjacent to an activating group) is 1. The lowest BCUT2D eigenvalue weighted by Crippen LogP contribution is -2.64. The van der Waals surface area contributed by atoms with E-state index < -0.39 is 130 Å². The molecule has 4 aromatic carbocycles. The molecule has 5 heterocycles. The number of aromatic nitrogens is 4. The number of carbonyl (C=O) groups is 10. The number of imidazole rings is 1. The Morgan fingerprint density at radius 1 is 0.686 bits per heavy atom. The molecule has 0 unspecified atom stereocenters. The smallest absolute Gasteiger partial charge is 0.311 e. The van der Waals surface area contributed by atoms with Gasteiger partial charge in [-0.3, -0.25) is 47.9 Å². The Balaban J connectivity index is 1.09. The van der Waals surface area contributed by atoms with E-state index in [1.54, 1.807) is 30.8 Å². The fourth-order valence-electron chi connectivity index (χ4n) is 12.6. The number of aliphatic carboxylic acids is 1. The molecule has 1 saturated heterocycles. The van der Waals surface area contributed by atoms with Gasteiger partial charge in [0.15, 0.2) is 0 Å². The molecule has 544 valence electrons. The minimum Gasteiger partial charge on any atom is -0.508 e. The summed E-state index contributed by atoms with van der Waals surface area (Å²) in [7, 11) is 1.35. The van der Waals surface area contributed by atoms with E-state index in [0.29, 0.717) is 76.4 Å². The number of carboxylic acids is 1. The van der Waals surface area contributed by atoms with Crippen molar-refractivity contribution in [3.63, 3.8) is 0 Å². The SMILES string of the molecule is C[C@H]1NC(=O)[C@H](CCCCN)NC(=O)CCSCc2cccc(c2)CSCCNC(=O)[C@]2(C)CCCN2C(=O)[C@H](Cc2ccc(O)cc2)N(C)C(=O)[C@H](Cc2c[nH]cn2)NC(=O)[C@@H](C(C)(C)C(=O)O)NC(=O)[C@H](Cc2c[nH]c3ccc(F)cc23)NC(=O)[C@H](Cc2c[nH]c3ccc(F)cc23)NC1=O. The van der Waals surface area contributed by atoms with Crippen LogP contribution in [-0.4, -0.2) is 185 Å². The number of thioether (sulfide) groups is 2. The van der Waals surface area contributed by atoms with Crippen LogP contribution in [0.1, 0.15) is 99.7 Å². The van der Waals surface area contributed by atoms with Crippen LogP contribution in [0.4, 0.5) is 8.78 Å². The van der Waals surface area contributed by atoms with Crippen molar-refractivity contribution in [1.82, 2.24) is 67.0 Å². The molecule has 7 aromatic rings. The number of halogens is 2. The quantitative estimate of drug-likeness (QED) is 0.0657. The standard InChI is InChI=1S/C72H88F2N14O12S2/c1-41-62(91)83-56(30-45-35-78-53-19-15-47(73)32-51(45)53)64(93)84-57(31-46-36-79-54-20-16-48(74)33-52(46)54)65(94)86-61(71(2,3)70(99)100)66(95)85-58(34-49-37-76-40-80-49)67(96)87(5)59(29-42-13-17-50(89)18-14-42)68(97)88-25-9-22-72(88,4)69(98)77-24-27-102-39-44-11-8-10-43(28-44)38-101-26-21-60(90)82-55(63(92)81-41)12-6-7-23-75/h8,10-11,13-20,28,32-33,35-37,40-41,55-59,61,78-79,89H,6-7,9,12,21-27,29-31,34,38-39,75H2,1-5H3,(H,76,80)(H,77,98)(H,81,92)(H,82,90)(H,83,91)(H,84,93)(H,85,95)(H,86,94)(H,99,100)/t41-,55+,56+,57+,58+,59+,61+,72+/m1/s1. The van der Waals surface area contributed by atoms with E-state index >= 15 is 28.4 Å². The second kappa shape index (κ2) is 34.7. The van der Waals surface area contributed by atoms with Crippen LogP contribution in [-0.2, 0) is 85.1 Å². The molecule has 3 aromatic heterocycles. The third-order valence-electron chi connectivity index (χ3n) is 18.7. The van der Waals surface area contributed by atoms with Crippen LogP contribution in [0.5, 0.6) is 5.75 Å². The van der Waals surface area contributed by atoms with Gasteiger partial charge in [0.25, 0.3) is 0 Å². The van der Waals surface area contributed by atoms with Gasteiger partial charge in [-0.15, -0.1) is 0 Å². The first-order valence-corrected chi connectivity index (χ1v) is 36.1. The second-order valence-electron chi connectivity index (χ2n) is 26.6. The molecule has 2 bridgehead atoms. The van der Waals surface area contributed by atoms with Crippen LogP contribution in [0.2, 0.25) is 0 Å². The minimum atomic E-state index is -2.24. The number of hydrogen-bond acceptors (Lipinski definition) is 15. The second-order valence-corrected chi connectivity index (χ2v) is 28.8. The summed E-state index contributed by atoms with van der Waals surface area (Å²) < 4.78 is 30.1. The van der Waals surface area contributed by atoms with E-state index in [-0.39, 0.29) is 74.0 Å². The van der Waals surface area contributed by atoms with E-state index in [1.807, 2.05) is 18.2 Å². The van der Waals surface area contributed by atoms with Crippen molar-refractivity contribution in [2.45, 2.75) is 151 Å². The van der Waals surface area contributed by atoms with Gasteiger partial charge < -0.3 is 77.9 Å². The van der Waals surface area contributed by atoms with E-state index in [4.69, 9.17) is 5.73 Å². The van der Waals surface area contributed by atoms with Crippen LogP contribution in [0.25, 0.3) is 21.8 Å². The lowest BCUT2D eigenvalue weighted by atomic mass is 9.83. The summed E-state index contributed by atoms with van der Waals surface area (Å²) in [6, 6.07) is 10.6. The zero-order chi connectivity index (χ0) is 73.4. The Hall–Kier alpha value is -9.81. The summed E-state index contributed by atoms with van der Waals surface area (Å²) >= 11 is 3.11. The van der Waals surface area contributed by atoms with Crippen LogP contribution in [0.3, 0.4) is 0 Å². The highest BCUT2D eigenvalue weighted by Gasteiger charge is 2.50. The topological polar surface area (TPSA) is 388 Å². The number of nitrogens with two attached hydrogens (primary N) is 1. The average molecular weight is 1440 g/mol. The Kier molecular flexibility index (Phi) is 26.0. The third kappa shape index (κ3) is 19.4. The zero-order valence-electron chi connectivity index (χ0n) is 57.4. The van der Waals surface area contributed by atoms with Crippen LogP contribution in [0.15, 0.2) is 110 Å². The number of hydrogen-bond donors (Lipinski definition) is 13. The number of phenolic OH excluding ortho intramolecular Hbond substituents is 1. The van der Waals surface area contributed by atoms with E-state index in [0.717, 1.165) is 29.9 Å². The normalized spacial score (nSPS) is 22.9. The highest BCUT2D eigenvalue weighted by molar-refractivity contribution is 7.98. The van der Waals surface area contributed by atoms with Crippen LogP contribution in [0, 0.1) is 17.0 Å². The zero-order valence-corrected chi connectivity index (χ0v) is 59.1. The number of benzene rings is 4. The maximum absolute atomic E-state index is 15.5. The molecule has 0 aliphatic carbocycles. The number of nitrogens with one attached hydrogen (secondary N) is 10. The van der Waals surface area contributed by atoms with Gasteiger partial charge in [-0.2, -0.15) is 23.5 Å². The number of aromatic hydroxyl groups is 1. The Bertz CT molecular complexity index is 4170. The first kappa shape index (κ1) is 76.4. The number of unbranched alkanes of at least 4 members (excludes halogenated alkanes) is 1. The molecule has 9 amide bonds. The number of carboxylic acid groups (broad SMARTS) is 1. The van der Waals surface area contributed by atoms with Gasteiger partial charge >= 0.3 is 5.97 Å². The summed E-state index contributed by atoms with van der Waals surface area (Å²) in [6.45, 7) is 6.01. The monoisotopic (exact) mass is 1440 g/mol. The largest absolute Gasteiger partial charge is 0.508 e. The van der Waals surface area contributed by atoms with Crippen molar-refractivity contribution in [3.05, 3.63) is 155 Å². The van der Waals surface area contributed by atoms with Gasteiger partial charge in [0.2, 0.25) is 53.2 Å². The Morgan fingerprint density at radius 3 is 1.89 bits per heavy atom. The molecule has 0 radical (unpaired) electrons. The van der Waals surface area contributed by atoms with Crippen molar-refractivity contribution in [2.24, 2.45) is 11.1 Å². The molecule has 0 saturated carbocycles. The first-order valence-electron chi connectivity index (χ1n) is 33.8. The summed E-state index contributed by atoms with van der Waals surface area (Å²) in [5.74, 6) is -8.25. The molecule has 14 N–H and O–H groups in total. The lowest BCUT2D eigenvalue weighted by Gasteiger charge is -2.39. The lowest BCUT2D eigenvalue weighted by molar-refractivity contribution is -0.154. The van der Waals surface area contributed by atoms with Crippen LogP contribution >= 0.6 is 23.5 Å². The number of amides is 9. The molecule has 30 heteroatoms. The third-order valence-corrected chi connectivity index (χ3v) is 20.8. The average Bonchev–Trinajstić information content (AvgIpc) is 1.44. The van der Waals surface area contributed by atoms with Gasteiger partial charge in [-0.1, -0.05) is 36.4 Å². The van der Waals surface area contributed by atoms with Crippen molar-refractivity contribution in [3.8, 4) is 5.75 Å². The van der Waals surface area contributed by atoms with Gasteiger partial charge in [-0.25, -0.2) is 13.8 Å². The Labute approximate surface area is 596 Å². The van der Waals surface area contributed by atoms with Gasteiger partial charge in [0.1, 0.15) is 65.2 Å². The molecule has 1 fully saturated rings. The summed E-state index contributed by atoms with van der Waals surface area (Å²) in [5.41, 5.74) is 6.43. The number of phenols is 1. The number of carbonyl (C=O) groups excluding carboxylic acids is 9. The maximum Gasteiger partial charge on any atom is 0.311 e. The Morgan fingerprint density at radius 2 is 1.28 bits per heavy atom. The fourth-order valence-corrected chi connectivity index (χ4v) is 14.3. The molecule has 8 atom stereocenters. The molecular formula is C72H88F2N14O12S2. The number of aromatic amines is 3. The summed E-state index contributed by atoms with van der Waals surface area (Å²) in [6.07, 6.45) is 6.26. The number of nitrogens with zero attached hydrogens (tertiary/aromatic N) is 3. The number of rotatable bonds is 14. The number of H-pyrrole nitrogens is 3. The van der Waals surface area contributed by atoms with Crippen LogP contribution < -0.4 is 43.0 Å². The minimum absolute atomic E-state index is 0.0493. The van der Waals surface area contributed by atoms with Crippen molar-refractivity contribution in [2.75, 3.05) is 38.2 Å². The van der Waals surface area contributed by atoms with Gasteiger partial charge in [0, 0.05) is 116 Å². The molecule has 2 aliphatic rings. The molecule has 102 heavy (non-hydrogen) atoms. The summed E-state index contributed by atoms with van der Waals surface area (Å²) in [5, 5.41) is 40.9. The highest BCUT2D eigenvalue weighted by atomic mass is 32.2. The van der Waals surface area contributed by atoms with E-state index in [1.165, 1.54) is 104 Å². The molecule has 0 spiro atoms. The van der Waals surface area contributed by atoms with Crippen molar-refractivity contribution < 1.29 is 66.9 Å².